The van der Waals surface area contributed by atoms with E-state index in [-0.39, 0.29) is 11.7 Å². The van der Waals surface area contributed by atoms with Gasteiger partial charge < -0.3 is 5.32 Å². The Morgan fingerprint density at radius 2 is 1.80 bits per heavy atom. The molecule has 0 unspecified atom stereocenters. The van der Waals surface area contributed by atoms with Gasteiger partial charge in [0.2, 0.25) is 5.91 Å². The molecule has 20 heavy (non-hydrogen) atoms. The summed E-state index contributed by atoms with van der Waals surface area (Å²) in [6, 6.07) is 19.6. The van der Waals surface area contributed by atoms with Crippen LogP contribution in [0.15, 0.2) is 54.6 Å². The van der Waals surface area contributed by atoms with Crippen LogP contribution in [0.25, 0.3) is 11.1 Å². The number of carbonyl (C=O) groups is 1. The van der Waals surface area contributed by atoms with Gasteiger partial charge in [-0.25, -0.2) is 0 Å². The van der Waals surface area contributed by atoms with Crippen molar-refractivity contribution in [2.45, 2.75) is 0 Å². The quantitative estimate of drug-likeness (QED) is 0.853. The molecule has 3 nitrogen and oxygen atoms in total. The molecular weight excluding hydrogens is 268 g/mol. The number of hydrogen-bond donors (Lipinski definition) is 1. The van der Waals surface area contributed by atoms with E-state index in [9.17, 15) is 4.79 Å². The zero-order valence-corrected chi connectivity index (χ0v) is 11.7. The van der Waals surface area contributed by atoms with Gasteiger partial charge in [-0.2, -0.15) is 5.26 Å². The molecule has 0 saturated heterocycles. The van der Waals surface area contributed by atoms with Gasteiger partial charge in [-0.3, -0.25) is 4.79 Å². The maximum atomic E-state index is 11.8. The molecule has 1 amide bonds. The highest BCUT2D eigenvalue weighted by atomic mass is 32.2. The van der Waals surface area contributed by atoms with Crippen molar-refractivity contribution >= 4 is 23.4 Å². The van der Waals surface area contributed by atoms with Gasteiger partial charge in [-0.05, 0) is 11.6 Å². The van der Waals surface area contributed by atoms with Crippen molar-refractivity contribution < 1.29 is 4.79 Å². The standard InChI is InChI=1S/C16H14N2OS/c17-10-11-20-12-16(19)18-15-9-5-4-8-14(15)13-6-2-1-3-7-13/h1-9H,11-12H2,(H,18,19). The predicted molar refractivity (Wildman–Crippen MR) is 83.4 cm³/mol. The number of nitrogens with zero attached hydrogens (tertiary/aromatic N) is 1. The molecule has 0 saturated carbocycles. The number of anilines is 1. The summed E-state index contributed by atoms with van der Waals surface area (Å²) in [5.74, 6) is 0.526. The van der Waals surface area contributed by atoms with Crippen molar-refractivity contribution in [3.8, 4) is 17.2 Å². The summed E-state index contributed by atoms with van der Waals surface area (Å²) in [6.07, 6.45) is 0. The Morgan fingerprint density at radius 1 is 1.10 bits per heavy atom. The Labute approximate surface area is 122 Å². The molecule has 4 heteroatoms. The van der Waals surface area contributed by atoms with Crippen molar-refractivity contribution in [3.05, 3.63) is 54.6 Å². The van der Waals surface area contributed by atoms with E-state index in [2.05, 4.69) is 5.32 Å². The molecule has 0 bridgehead atoms. The summed E-state index contributed by atoms with van der Waals surface area (Å²) >= 11 is 1.31. The third-order valence-electron chi connectivity index (χ3n) is 2.69. The van der Waals surface area contributed by atoms with Gasteiger partial charge in [-0.15, -0.1) is 11.8 Å². The molecule has 1 N–H and O–H groups in total. The predicted octanol–water partition coefficient (Wildman–Crippen LogP) is 3.55. The Bertz CT molecular complexity index is 620. The number of hydrogen-bond acceptors (Lipinski definition) is 3. The first kappa shape index (κ1) is 14.2. The summed E-state index contributed by atoms with van der Waals surface area (Å²) in [4.78, 5) is 11.8. The van der Waals surface area contributed by atoms with E-state index in [1.165, 1.54) is 11.8 Å². The van der Waals surface area contributed by atoms with Crippen molar-refractivity contribution in [3.63, 3.8) is 0 Å². The van der Waals surface area contributed by atoms with Crippen LogP contribution in [0.1, 0.15) is 0 Å². The minimum absolute atomic E-state index is 0.0892. The lowest BCUT2D eigenvalue weighted by atomic mass is 10.0. The molecule has 0 radical (unpaired) electrons. The zero-order valence-electron chi connectivity index (χ0n) is 10.9. The van der Waals surface area contributed by atoms with Crippen LogP contribution in [-0.4, -0.2) is 17.4 Å². The number of carbonyl (C=O) groups excluding carboxylic acids is 1. The van der Waals surface area contributed by atoms with Crippen LogP contribution >= 0.6 is 11.8 Å². The maximum Gasteiger partial charge on any atom is 0.234 e. The third kappa shape index (κ3) is 3.87. The summed E-state index contributed by atoms with van der Waals surface area (Å²) in [5, 5.41) is 11.4. The zero-order chi connectivity index (χ0) is 14.2. The molecule has 2 rings (SSSR count). The molecule has 0 heterocycles. The van der Waals surface area contributed by atoms with E-state index < -0.39 is 0 Å². The minimum Gasteiger partial charge on any atom is -0.325 e. The average molecular weight is 282 g/mol. The first-order chi connectivity index (χ1) is 9.81. The third-order valence-corrected chi connectivity index (χ3v) is 3.49. The summed E-state index contributed by atoms with van der Waals surface area (Å²) in [7, 11) is 0. The average Bonchev–Trinajstić information content (AvgIpc) is 2.49. The lowest BCUT2D eigenvalue weighted by Crippen LogP contribution is -2.14. The Hall–Kier alpha value is -2.25. The minimum atomic E-state index is -0.0892. The smallest absolute Gasteiger partial charge is 0.234 e. The highest BCUT2D eigenvalue weighted by molar-refractivity contribution is 8.00. The largest absolute Gasteiger partial charge is 0.325 e. The fourth-order valence-corrected chi connectivity index (χ4v) is 2.29. The first-order valence-electron chi connectivity index (χ1n) is 6.20. The highest BCUT2D eigenvalue weighted by Gasteiger charge is 2.07. The van der Waals surface area contributed by atoms with E-state index in [1.54, 1.807) is 0 Å². The van der Waals surface area contributed by atoms with Gasteiger partial charge in [0.1, 0.15) is 0 Å². The maximum absolute atomic E-state index is 11.8. The Balaban J connectivity index is 2.13. The molecule has 0 aliphatic carbocycles. The van der Waals surface area contributed by atoms with Crippen molar-refractivity contribution in [1.82, 2.24) is 0 Å². The molecule has 0 aromatic heterocycles. The number of nitrogens with one attached hydrogen (secondary N) is 1. The summed E-state index contributed by atoms with van der Waals surface area (Å²) < 4.78 is 0. The molecule has 0 aliphatic heterocycles. The van der Waals surface area contributed by atoms with Crippen LogP contribution < -0.4 is 5.32 Å². The number of thioether (sulfide) groups is 1. The Morgan fingerprint density at radius 3 is 2.55 bits per heavy atom. The van der Waals surface area contributed by atoms with E-state index in [0.29, 0.717) is 5.75 Å². The highest BCUT2D eigenvalue weighted by Crippen LogP contribution is 2.27. The molecule has 0 atom stereocenters. The first-order valence-corrected chi connectivity index (χ1v) is 7.35. The molecule has 2 aromatic carbocycles. The van der Waals surface area contributed by atoms with Crippen molar-refractivity contribution in [1.29, 1.82) is 5.26 Å². The van der Waals surface area contributed by atoms with Crippen LogP contribution in [0.5, 0.6) is 0 Å². The van der Waals surface area contributed by atoms with Crippen LogP contribution in [-0.2, 0) is 4.79 Å². The lowest BCUT2D eigenvalue weighted by Gasteiger charge is -2.10. The number of rotatable bonds is 5. The molecule has 0 fully saturated rings. The lowest BCUT2D eigenvalue weighted by molar-refractivity contribution is -0.113. The van der Waals surface area contributed by atoms with E-state index in [1.807, 2.05) is 60.7 Å². The normalized spacial score (nSPS) is 9.75. The van der Waals surface area contributed by atoms with E-state index in [0.717, 1.165) is 16.8 Å². The number of benzene rings is 2. The van der Waals surface area contributed by atoms with Gasteiger partial charge in [0.05, 0.1) is 17.6 Å². The molecule has 100 valence electrons. The molecule has 0 aliphatic rings. The summed E-state index contributed by atoms with van der Waals surface area (Å²) in [6.45, 7) is 0. The van der Waals surface area contributed by atoms with Crippen molar-refractivity contribution in [2.75, 3.05) is 16.8 Å². The second kappa shape index (κ2) is 7.37. The van der Waals surface area contributed by atoms with Crippen molar-refractivity contribution in [2.24, 2.45) is 0 Å². The second-order valence-electron chi connectivity index (χ2n) is 4.11. The Kier molecular flexibility index (Phi) is 5.22. The number of para-hydroxylation sites is 1. The van der Waals surface area contributed by atoms with Gasteiger partial charge in [-0.1, -0.05) is 48.5 Å². The number of nitriles is 1. The monoisotopic (exact) mass is 282 g/mol. The SMILES string of the molecule is N#CCSCC(=O)Nc1ccccc1-c1ccccc1. The molecular formula is C16H14N2OS. The van der Waals surface area contributed by atoms with Gasteiger partial charge in [0.25, 0.3) is 0 Å². The fourth-order valence-electron chi connectivity index (χ4n) is 1.84. The van der Waals surface area contributed by atoms with Gasteiger partial charge in [0, 0.05) is 11.3 Å². The summed E-state index contributed by atoms with van der Waals surface area (Å²) in [5.41, 5.74) is 2.85. The van der Waals surface area contributed by atoms with Crippen LogP contribution in [0, 0.1) is 11.3 Å². The van der Waals surface area contributed by atoms with Gasteiger partial charge in [0.15, 0.2) is 0 Å². The van der Waals surface area contributed by atoms with E-state index in [4.69, 9.17) is 5.26 Å². The topological polar surface area (TPSA) is 52.9 Å². The second-order valence-corrected chi connectivity index (χ2v) is 5.10. The van der Waals surface area contributed by atoms with Gasteiger partial charge >= 0.3 is 0 Å². The van der Waals surface area contributed by atoms with Crippen LogP contribution in [0.4, 0.5) is 5.69 Å². The van der Waals surface area contributed by atoms with Crippen LogP contribution in [0.3, 0.4) is 0 Å². The molecule has 0 spiro atoms. The number of amides is 1. The fraction of sp³-hybridized carbons (Fsp3) is 0.125. The van der Waals surface area contributed by atoms with E-state index >= 15 is 0 Å². The van der Waals surface area contributed by atoms with Crippen LogP contribution in [0.2, 0.25) is 0 Å². The molecule has 2 aromatic rings.